The Balaban J connectivity index is 2.06. The molecule has 0 saturated heterocycles. The molecule has 1 amide bonds. The van der Waals surface area contributed by atoms with Crippen LogP contribution >= 0.6 is 0 Å². The summed E-state index contributed by atoms with van der Waals surface area (Å²) in [4.78, 5) is 11.2. The van der Waals surface area contributed by atoms with Gasteiger partial charge in [0, 0.05) is 5.56 Å². The third-order valence-corrected chi connectivity index (χ3v) is 3.34. The predicted octanol–water partition coefficient (Wildman–Crippen LogP) is 2.45. The van der Waals surface area contributed by atoms with Gasteiger partial charge in [0.1, 0.15) is 0 Å². The number of hydrogen-bond acceptors (Lipinski definition) is 2. The Morgan fingerprint density at radius 3 is 2.63 bits per heavy atom. The molecule has 0 fully saturated rings. The number of benzene rings is 2. The molecule has 0 spiro atoms. The fourth-order valence-electron chi connectivity index (χ4n) is 2.38. The number of primary amides is 1. The standard InChI is InChI=1S/C16H14N2O/c17-16(19)13-6-7-14-12(10-13)8-9-18-15(14)11-4-2-1-3-5-11/h1-10,15,18H,(H2,17,19). The van der Waals surface area contributed by atoms with Crippen LogP contribution in [0.1, 0.15) is 33.1 Å². The summed E-state index contributed by atoms with van der Waals surface area (Å²) in [6, 6.07) is 15.9. The Morgan fingerprint density at radius 1 is 1.11 bits per heavy atom. The second kappa shape index (κ2) is 4.61. The summed E-state index contributed by atoms with van der Waals surface area (Å²) >= 11 is 0. The lowest BCUT2D eigenvalue weighted by Crippen LogP contribution is -2.21. The average Bonchev–Trinajstić information content (AvgIpc) is 2.47. The Labute approximate surface area is 111 Å². The summed E-state index contributed by atoms with van der Waals surface area (Å²) in [5.74, 6) is -0.397. The molecule has 1 heterocycles. The zero-order valence-corrected chi connectivity index (χ0v) is 10.3. The first kappa shape index (κ1) is 11.5. The van der Waals surface area contributed by atoms with Crippen molar-refractivity contribution in [1.29, 1.82) is 0 Å². The van der Waals surface area contributed by atoms with Gasteiger partial charge in [-0.15, -0.1) is 0 Å². The Kier molecular flexibility index (Phi) is 2.80. The molecule has 1 unspecified atom stereocenters. The summed E-state index contributed by atoms with van der Waals surface area (Å²) in [6.45, 7) is 0. The summed E-state index contributed by atoms with van der Waals surface area (Å²) in [6.07, 6.45) is 3.87. The van der Waals surface area contributed by atoms with Gasteiger partial charge in [-0.05, 0) is 41.1 Å². The van der Waals surface area contributed by atoms with Gasteiger partial charge in [-0.25, -0.2) is 0 Å². The van der Waals surface area contributed by atoms with Crippen LogP contribution in [0.5, 0.6) is 0 Å². The lowest BCUT2D eigenvalue weighted by Gasteiger charge is -2.24. The number of carbonyl (C=O) groups excluding carboxylic acids is 1. The molecule has 0 aromatic heterocycles. The number of carbonyl (C=O) groups is 1. The van der Waals surface area contributed by atoms with Gasteiger partial charge in [-0.1, -0.05) is 36.4 Å². The second-order valence-electron chi connectivity index (χ2n) is 4.55. The monoisotopic (exact) mass is 250 g/mol. The molecule has 2 aromatic carbocycles. The molecule has 19 heavy (non-hydrogen) atoms. The molecule has 2 aromatic rings. The van der Waals surface area contributed by atoms with Gasteiger partial charge in [0.05, 0.1) is 6.04 Å². The highest BCUT2D eigenvalue weighted by Gasteiger charge is 2.18. The molecule has 0 bridgehead atoms. The highest BCUT2D eigenvalue weighted by Crippen LogP contribution is 2.29. The maximum atomic E-state index is 11.2. The van der Waals surface area contributed by atoms with Gasteiger partial charge in [-0.3, -0.25) is 4.79 Å². The SMILES string of the molecule is NC(=O)c1ccc2c(c1)C=CNC2c1ccccc1. The predicted molar refractivity (Wildman–Crippen MR) is 75.4 cm³/mol. The highest BCUT2D eigenvalue weighted by molar-refractivity contribution is 5.93. The molecule has 94 valence electrons. The van der Waals surface area contributed by atoms with Crippen LogP contribution in [0.3, 0.4) is 0 Å². The summed E-state index contributed by atoms with van der Waals surface area (Å²) in [5.41, 5.74) is 9.23. The first-order chi connectivity index (χ1) is 9.25. The summed E-state index contributed by atoms with van der Waals surface area (Å²) in [5, 5.41) is 3.34. The Hall–Kier alpha value is -2.55. The molecule has 3 rings (SSSR count). The van der Waals surface area contributed by atoms with Crippen molar-refractivity contribution in [2.45, 2.75) is 6.04 Å². The average molecular weight is 250 g/mol. The van der Waals surface area contributed by atoms with Crippen LogP contribution in [0, 0.1) is 0 Å². The van der Waals surface area contributed by atoms with Crippen LogP contribution in [-0.2, 0) is 0 Å². The third-order valence-electron chi connectivity index (χ3n) is 3.34. The van der Waals surface area contributed by atoms with Gasteiger partial charge in [0.25, 0.3) is 0 Å². The number of nitrogens with two attached hydrogens (primary N) is 1. The van der Waals surface area contributed by atoms with Crippen molar-refractivity contribution in [3.8, 4) is 0 Å². The van der Waals surface area contributed by atoms with E-state index < -0.39 is 5.91 Å². The first-order valence-corrected chi connectivity index (χ1v) is 6.17. The molecule has 0 aliphatic carbocycles. The van der Waals surface area contributed by atoms with E-state index in [9.17, 15) is 4.79 Å². The number of nitrogens with one attached hydrogen (secondary N) is 1. The van der Waals surface area contributed by atoms with E-state index in [4.69, 9.17) is 5.73 Å². The number of rotatable bonds is 2. The molecular weight excluding hydrogens is 236 g/mol. The number of hydrogen-bond donors (Lipinski definition) is 2. The molecule has 1 aliphatic rings. The van der Waals surface area contributed by atoms with E-state index in [1.807, 2.05) is 42.6 Å². The van der Waals surface area contributed by atoms with Crippen LogP contribution in [-0.4, -0.2) is 5.91 Å². The van der Waals surface area contributed by atoms with E-state index in [2.05, 4.69) is 17.4 Å². The van der Waals surface area contributed by atoms with Gasteiger partial charge in [-0.2, -0.15) is 0 Å². The molecule has 3 N–H and O–H groups in total. The van der Waals surface area contributed by atoms with Crippen LogP contribution < -0.4 is 11.1 Å². The van der Waals surface area contributed by atoms with Crippen LogP contribution in [0.4, 0.5) is 0 Å². The molecule has 1 aliphatic heterocycles. The van der Waals surface area contributed by atoms with Crippen LogP contribution in [0.2, 0.25) is 0 Å². The molecule has 3 heteroatoms. The van der Waals surface area contributed by atoms with Gasteiger partial charge < -0.3 is 11.1 Å². The lowest BCUT2D eigenvalue weighted by molar-refractivity contribution is 0.1000. The van der Waals surface area contributed by atoms with Crippen LogP contribution in [0.25, 0.3) is 6.08 Å². The van der Waals surface area contributed by atoms with Crippen molar-refractivity contribution in [1.82, 2.24) is 5.32 Å². The van der Waals surface area contributed by atoms with Gasteiger partial charge in [0.2, 0.25) is 5.91 Å². The van der Waals surface area contributed by atoms with Crippen LogP contribution in [0.15, 0.2) is 54.7 Å². The van der Waals surface area contributed by atoms with Crippen molar-refractivity contribution in [2.24, 2.45) is 5.73 Å². The topological polar surface area (TPSA) is 55.1 Å². The van der Waals surface area contributed by atoms with E-state index in [0.717, 1.165) is 11.1 Å². The Bertz CT molecular complexity index is 647. The minimum absolute atomic E-state index is 0.114. The number of fused-ring (bicyclic) bond motifs is 1. The smallest absolute Gasteiger partial charge is 0.248 e. The quantitative estimate of drug-likeness (QED) is 0.860. The van der Waals surface area contributed by atoms with E-state index in [0.29, 0.717) is 5.56 Å². The van der Waals surface area contributed by atoms with Crippen molar-refractivity contribution in [3.63, 3.8) is 0 Å². The van der Waals surface area contributed by atoms with Crippen molar-refractivity contribution in [3.05, 3.63) is 77.0 Å². The maximum Gasteiger partial charge on any atom is 0.248 e. The van der Waals surface area contributed by atoms with Crippen molar-refractivity contribution >= 4 is 12.0 Å². The van der Waals surface area contributed by atoms with Gasteiger partial charge in [0.15, 0.2) is 0 Å². The normalized spacial score (nSPS) is 16.5. The highest BCUT2D eigenvalue weighted by atomic mass is 16.1. The first-order valence-electron chi connectivity index (χ1n) is 6.17. The molecule has 3 nitrogen and oxygen atoms in total. The number of amides is 1. The second-order valence-corrected chi connectivity index (χ2v) is 4.55. The van der Waals surface area contributed by atoms with E-state index in [1.165, 1.54) is 5.56 Å². The maximum absolute atomic E-state index is 11.2. The van der Waals surface area contributed by atoms with E-state index >= 15 is 0 Å². The van der Waals surface area contributed by atoms with E-state index in [-0.39, 0.29) is 6.04 Å². The zero-order valence-electron chi connectivity index (χ0n) is 10.3. The Morgan fingerprint density at radius 2 is 1.89 bits per heavy atom. The lowest BCUT2D eigenvalue weighted by atomic mass is 9.91. The molecule has 0 saturated carbocycles. The van der Waals surface area contributed by atoms with Gasteiger partial charge >= 0.3 is 0 Å². The zero-order chi connectivity index (χ0) is 13.2. The van der Waals surface area contributed by atoms with E-state index in [1.54, 1.807) is 6.07 Å². The fraction of sp³-hybridized carbons (Fsp3) is 0.0625. The largest absolute Gasteiger partial charge is 0.380 e. The molecular formula is C16H14N2O. The minimum Gasteiger partial charge on any atom is -0.380 e. The molecule has 0 radical (unpaired) electrons. The minimum atomic E-state index is -0.397. The molecule has 1 atom stereocenters. The summed E-state index contributed by atoms with van der Waals surface area (Å²) in [7, 11) is 0. The summed E-state index contributed by atoms with van der Waals surface area (Å²) < 4.78 is 0. The fourth-order valence-corrected chi connectivity index (χ4v) is 2.38. The third kappa shape index (κ3) is 2.10. The van der Waals surface area contributed by atoms with Crippen molar-refractivity contribution in [2.75, 3.05) is 0 Å². The van der Waals surface area contributed by atoms with Crippen molar-refractivity contribution < 1.29 is 4.79 Å².